The van der Waals surface area contributed by atoms with Crippen LogP contribution in [0.25, 0.3) is 11.1 Å². The number of rotatable bonds is 5. The van der Waals surface area contributed by atoms with Crippen molar-refractivity contribution in [2.75, 3.05) is 6.54 Å². The van der Waals surface area contributed by atoms with Crippen molar-refractivity contribution >= 4 is 17.8 Å². The molecule has 3 N–H and O–H groups in total. The summed E-state index contributed by atoms with van der Waals surface area (Å²) in [4.78, 5) is 29.8. The van der Waals surface area contributed by atoms with Gasteiger partial charge in [0.1, 0.15) is 0 Å². The van der Waals surface area contributed by atoms with E-state index in [0.29, 0.717) is 13.0 Å². The fourth-order valence-corrected chi connectivity index (χ4v) is 3.50. The molecular weight excluding hydrogens is 342 g/mol. The van der Waals surface area contributed by atoms with E-state index in [9.17, 15) is 9.59 Å². The van der Waals surface area contributed by atoms with Crippen LogP contribution in [0, 0.1) is 0 Å². The molecule has 1 heterocycles. The summed E-state index contributed by atoms with van der Waals surface area (Å²) in [6.07, 6.45) is 0.928. The molecule has 0 saturated heterocycles. The molecule has 27 heavy (non-hydrogen) atoms. The number of hydrogen-bond acceptors (Lipinski definition) is 4. The Morgan fingerprint density at radius 1 is 1.19 bits per heavy atom. The van der Waals surface area contributed by atoms with Crippen LogP contribution in [-0.4, -0.2) is 34.4 Å². The second-order valence-electron chi connectivity index (χ2n) is 6.63. The van der Waals surface area contributed by atoms with Gasteiger partial charge in [-0.1, -0.05) is 37.3 Å². The van der Waals surface area contributed by atoms with Gasteiger partial charge in [-0.3, -0.25) is 9.69 Å². The maximum absolute atomic E-state index is 12.5. The van der Waals surface area contributed by atoms with Crippen LogP contribution in [0.2, 0.25) is 0 Å². The Hall–Kier alpha value is -3.15. The number of carbonyl (C=O) groups is 2. The van der Waals surface area contributed by atoms with Gasteiger partial charge in [-0.05, 0) is 48.2 Å². The number of aliphatic imine (C=N–C) groups is 1. The quantitative estimate of drug-likeness (QED) is 0.850. The third-order valence-corrected chi connectivity index (χ3v) is 5.12. The molecule has 0 radical (unpaired) electrons. The predicted molar refractivity (Wildman–Crippen MR) is 104 cm³/mol. The van der Waals surface area contributed by atoms with E-state index in [0.717, 1.165) is 16.7 Å². The zero-order valence-corrected chi connectivity index (χ0v) is 15.5. The van der Waals surface area contributed by atoms with Crippen molar-refractivity contribution in [3.8, 4) is 11.1 Å². The van der Waals surface area contributed by atoms with Crippen LogP contribution < -0.4 is 5.73 Å². The van der Waals surface area contributed by atoms with Crippen LogP contribution in [0.5, 0.6) is 0 Å². The van der Waals surface area contributed by atoms with Crippen molar-refractivity contribution in [3.63, 3.8) is 0 Å². The average Bonchev–Trinajstić information content (AvgIpc) is 2.67. The molecule has 1 unspecified atom stereocenters. The summed E-state index contributed by atoms with van der Waals surface area (Å²) in [5, 5.41) is 9.06. The Balaban J connectivity index is 2.02. The summed E-state index contributed by atoms with van der Waals surface area (Å²) in [5.41, 5.74) is 8.40. The molecule has 1 aliphatic heterocycles. The van der Waals surface area contributed by atoms with Crippen molar-refractivity contribution in [1.29, 1.82) is 0 Å². The van der Waals surface area contributed by atoms with Crippen LogP contribution in [-0.2, 0) is 10.3 Å². The number of nitrogens with two attached hydrogens (primary N) is 1. The first kappa shape index (κ1) is 18.6. The smallest absolute Gasteiger partial charge is 0.335 e. The third kappa shape index (κ3) is 3.43. The maximum Gasteiger partial charge on any atom is 0.335 e. The number of benzene rings is 2. The number of amides is 1. The fourth-order valence-electron chi connectivity index (χ4n) is 3.50. The van der Waals surface area contributed by atoms with Gasteiger partial charge >= 0.3 is 5.97 Å². The molecule has 3 rings (SSSR count). The van der Waals surface area contributed by atoms with E-state index in [2.05, 4.69) is 0 Å². The van der Waals surface area contributed by atoms with Gasteiger partial charge in [0.15, 0.2) is 5.96 Å². The highest BCUT2D eigenvalue weighted by atomic mass is 16.4. The standard InChI is InChI=1S/C21H23N3O3/c1-3-21(13-18(25)24(4-2)20(22)23-21)17-7-5-6-16(12-17)14-8-10-15(11-9-14)19(26)27/h5-12H,3-4,13H2,1-2H3,(H2,22,23)(H,26,27). The molecule has 2 aromatic carbocycles. The first-order chi connectivity index (χ1) is 12.9. The van der Waals surface area contributed by atoms with Crippen molar-refractivity contribution in [2.24, 2.45) is 10.7 Å². The number of aromatic carboxylic acids is 1. The summed E-state index contributed by atoms with van der Waals surface area (Å²) in [7, 11) is 0. The van der Waals surface area contributed by atoms with E-state index in [4.69, 9.17) is 15.8 Å². The molecule has 1 aliphatic rings. The fraction of sp³-hybridized carbons (Fsp3) is 0.286. The van der Waals surface area contributed by atoms with E-state index in [1.807, 2.05) is 38.1 Å². The lowest BCUT2D eigenvalue weighted by molar-refractivity contribution is -0.129. The largest absolute Gasteiger partial charge is 0.478 e. The van der Waals surface area contributed by atoms with E-state index in [1.54, 1.807) is 24.3 Å². The number of carbonyl (C=O) groups excluding carboxylic acids is 1. The van der Waals surface area contributed by atoms with Crippen molar-refractivity contribution < 1.29 is 14.7 Å². The first-order valence-corrected chi connectivity index (χ1v) is 9.00. The highest BCUT2D eigenvalue weighted by molar-refractivity contribution is 5.99. The van der Waals surface area contributed by atoms with Gasteiger partial charge in [0, 0.05) is 6.54 Å². The SMILES string of the molecule is CCN1C(=O)CC(CC)(c2cccc(-c3ccc(C(=O)O)cc3)c2)N=C1N. The zero-order chi connectivity index (χ0) is 19.6. The lowest BCUT2D eigenvalue weighted by Gasteiger charge is -2.37. The van der Waals surface area contributed by atoms with Gasteiger partial charge in [-0.25, -0.2) is 9.79 Å². The average molecular weight is 365 g/mol. The Labute approximate surface area is 158 Å². The van der Waals surface area contributed by atoms with Gasteiger partial charge in [-0.15, -0.1) is 0 Å². The summed E-state index contributed by atoms with van der Waals surface area (Å²) in [6, 6.07) is 14.6. The number of guanidine groups is 1. The molecule has 0 saturated carbocycles. The number of carboxylic acids is 1. The minimum atomic E-state index is -0.953. The third-order valence-electron chi connectivity index (χ3n) is 5.12. The summed E-state index contributed by atoms with van der Waals surface area (Å²) in [5.74, 6) is -0.721. The minimum absolute atomic E-state index is 0.0249. The molecule has 0 aliphatic carbocycles. The van der Waals surface area contributed by atoms with Crippen molar-refractivity contribution in [1.82, 2.24) is 4.90 Å². The minimum Gasteiger partial charge on any atom is -0.478 e. The van der Waals surface area contributed by atoms with E-state index in [-0.39, 0.29) is 23.9 Å². The Morgan fingerprint density at radius 3 is 2.44 bits per heavy atom. The van der Waals surface area contributed by atoms with Gasteiger partial charge < -0.3 is 10.8 Å². The molecule has 140 valence electrons. The molecule has 0 bridgehead atoms. The number of nitrogens with zero attached hydrogens (tertiary/aromatic N) is 2. The lowest BCUT2D eigenvalue weighted by atomic mass is 9.82. The second kappa shape index (κ2) is 7.23. The molecular formula is C21H23N3O3. The van der Waals surface area contributed by atoms with Crippen LogP contribution in [0.3, 0.4) is 0 Å². The highest BCUT2D eigenvalue weighted by Crippen LogP contribution is 2.38. The van der Waals surface area contributed by atoms with Crippen LogP contribution >= 0.6 is 0 Å². The maximum atomic E-state index is 12.5. The van der Waals surface area contributed by atoms with Crippen molar-refractivity contribution in [3.05, 3.63) is 59.7 Å². The molecule has 0 aromatic heterocycles. The lowest BCUT2D eigenvalue weighted by Crippen LogP contribution is -2.50. The zero-order valence-electron chi connectivity index (χ0n) is 15.5. The Bertz CT molecular complexity index is 905. The summed E-state index contributed by atoms with van der Waals surface area (Å²) < 4.78 is 0. The number of carboxylic acid groups (broad SMARTS) is 1. The molecule has 1 amide bonds. The van der Waals surface area contributed by atoms with Crippen LogP contribution in [0.4, 0.5) is 0 Å². The normalized spacial score (nSPS) is 19.7. The Morgan fingerprint density at radius 2 is 1.89 bits per heavy atom. The molecule has 6 nitrogen and oxygen atoms in total. The van der Waals surface area contributed by atoms with Crippen molar-refractivity contribution in [2.45, 2.75) is 32.2 Å². The van der Waals surface area contributed by atoms with E-state index in [1.165, 1.54) is 4.90 Å². The second-order valence-corrected chi connectivity index (χ2v) is 6.63. The molecule has 1 atom stereocenters. The number of hydrogen-bond donors (Lipinski definition) is 2. The summed E-state index contributed by atoms with van der Waals surface area (Å²) >= 11 is 0. The molecule has 0 fully saturated rings. The van der Waals surface area contributed by atoms with Crippen LogP contribution in [0.1, 0.15) is 42.6 Å². The first-order valence-electron chi connectivity index (χ1n) is 9.00. The monoisotopic (exact) mass is 365 g/mol. The topological polar surface area (TPSA) is 96.0 Å². The van der Waals surface area contributed by atoms with Gasteiger partial charge in [0.2, 0.25) is 5.91 Å². The van der Waals surface area contributed by atoms with Gasteiger partial charge in [-0.2, -0.15) is 0 Å². The highest BCUT2D eigenvalue weighted by Gasteiger charge is 2.39. The summed E-state index contributed by atoms with van der Waals surface area (Å²) in [6.45, 7) is 4.38. The molecule has 6 heteroatoms. The predicted octanol–water partition coefficient (Wildman–Crippen LogP) is 3.22. The van der Waals surface area contributed by atoms with Gasteiger partial charge in [0.05, 0.1) is 17.5 Å². The van der Waals surface area contributed by atoms with Gasteiger partial charge in [0.25, 0.3) is 0 Å². The molecule has 2 aromatic rings. The Kier molecular flexibility index (Phi) is 4.99. The van der Waals surface area contributed by atoms with E-state index >= 15 is 0 Å². The molecule has 0 spiro atoms. The van der Waals surface area contributed by atoms with Crippen LogP contribution in [0.15, 0.2) is 53.5 Å². The van der Waals surface area contributed by atoms with E-state index < -0.39 is 11.5 Å².